The van der Waals surface area contributed by atoms with Crippen molar-refractivity contribution in [3.63, 3.8) is 0 Å². The Balaban J connectivity index is 1.58. The molecule has 0 bridgehead atoms. The third-order valence-corrected chi connectivity index (χ3v) is 5.18. The highest BCUT2D eigenvalue weighted by atomic mass is 19.1. The van der Waals surface area contributed by atoms with Crippen molar-refractivity contribution >= 4 is 23.2 Å². The van der Waals surface area contributed by atoms with Gasteiger partial charge in [-0.05, 0) is 20.3 Å². The molecule has 3 aromatic rings. The van der Waals surface area contributed by atoms with E-state index in [1.54, 1.807) is 19.3 Å². The van der Waals surface area contributed by atoms with Crippen LogP contribution in [0.15, 0.2) is 24.7 Å². The number of carbonyl (C=O) groups excluding carboxylic acids is 1. The highest BCUT2D eigenvalue weighted by Gasteiger charge is 2.23. The number of halogens is 1. The summed E-state index contributed by atoms with van der Waals surface area (Å²) in [6.45, 7) is 8.49. The van der Waals surface area contributed by atoms with E-state index in [4.69, 9.17) is 4.74 Å². The molecule has 9 nitrogen and oxygen atoms in total. The van der Waals surface area contributed by atoms with E-state index in [1.165, 1.54) is 16.7 Å². The zero-order chi connectivity index (χ0) is 22.0. The number of pyridine rings is 1. The first-order chi connectivity index (χ1) is 15.0. The van der Waals surface area contributed by atoms with Gasteiger partial charge in [0.25, 0.3) is 5.91 Å². The lowest BCUT2D eigenvalue weighted by Gasteiger charge is -2.33. The molecule has 3 aromatic heterocycles. The third-order valence-electron chi connectivity index (χ3n) is 5.18. The van der Waals surface area contributed by atoms with Crippen molar-refractivity contribution in [3.8, 4) is 5.88 Å². The van der Waals surface area contributed by atoms with E-state index in [0.717, 1.165) is 26.1 Å². The zero-order valence-corrected chi connectivity index (χ0v) is 17.9. The summed E-state index contributed by atoms with van der Waals surface area (Å²) in [7, 11) is 0. The number of hydrogen-bond acceptors (Lipinski definition) is 7. The summed E-state index contributed by atoms with van der Waals surface area (Å²) in [4.78, 5) is 28.0. The zero-order valence-electron chi connectivity index (χ0n) is 17.9. The van der Waals surface area contributed by atoms with Gasteiger partial charge in [-0.25, -0.2) is 14.4 Å². The molecular formula is C21H26FN7O2. The molecule has 0 radical (unpaired) electrons. The van der Waals surface area contributed by atoms with Gasteiger partial charge in [-0.2, -0.15) is 4.98 Å². The van der Waals surface area contributed by atoms with Crippen LogP contribution in [-0.2, 0) is 0 Å². The number of rotatable bonds is 6. The van der Waals surface area contributed by atoms with Crippen LogP contribution in [-0.4, -0.2) is 57.5 Å². The highest BCUT2D eigenvalue weighted by molar-refractivity contribution is 6.05. The number of aryl methyl sites for hydroxylation is 1. The van der Waals surface area contributed by atoms with E-state index < -0.39 is 11.7 Å². The summed E-state index contributed by atoms with van der Waals surface area (Å²) < 4.78 is 21.5. The number of hydrogen-bond donors (Lipinski definition) is 2. The van der Waals surface area contributed by atoms with Gasteiger partial charge >= 0.3 is 0 Å². The van der Waals surface area contributed by atoms with Gasteiger partial charge < -0.3 is 24.7 Å². The lowest BCUT2D eigenvalue weighted by Crippen LogP contribution is -2.51. The number of carbonyl (C=O) groups is 1. The minimum absolute atomic E-state index is 0.190. The molecule has 164 valence electrons. The molecule has 1 saturated heterocycles. The summed E-state index contributed by atoms with van der Waals surface area (Å²) in [5.74, 6) is -0.262. The number of ether oxygens (including phenoxy) is 1. The van der Waals surface area contributed by atoms with Crippen LogP contribution >= 0.6 is 0 Å². The van der Waals surface area contributed by atoms with E-state index in [9.17, 15) is 9.18 Å². The van der Waals surface area contributed by atoms with E-state index in [0.29, 0.717) is 30.0 Å². The molecule has 0 aromatic carbocycles. The van der Waals surface area contributed by atoms with E-state index in [2.05, 4.69) is 37.4 Å². The van der Waals surface area contributed by atoms with Crippen LogP contribution in [0, 0.1) is 12.7 Å². The molecule has 1 aliphatic rings. The predicted octanol–water partition coefficient (Wildman–Crippen LogP) is 2.41. The van der Waals surface area contributed by atoms with Crippen LogP contribution < -0.4 is 20.3 Å². The second-order valence-corrected chi connectivity index (χ2v) is 7.47. The smallest absolute Gasteiger partial charge is 0.262 e. The quantitative estimate of drug-likeness (QED) is 0.624. The molecule has 1 atom stereocenters. The second-order valence-electron chi connectivity index (χ2n) is 7.47. The molecule has 0 spiro atoms. The first-order valence-corrected chi connectivity index (χ1v) is 10.4. The largest absolute Gasteiger partial charge is 0.477 e. The van der Waals surface area contributed by atoms with Crippen LogP contribution in [0.3, 0.4) is 0 Å². The number of fused-ring (bicyclic) bond motifs is 1. The molecule has 1 unspecified atom stereocenters. The molecule has 0 saturated carbocycles. The van der Waals surface area contributed by atoms with Crippen molar-refractivity contribution in [3.05, 3.63) is 41.7 Å². The van der Waals surface area contributed by atoms with Crippen molar-refractivity contribution < 1.29 is 13.9 Å². The maximum atomic E-state index is 14.3. The number of piperazine rings is 1. The predicted molar refractivity (Wildman–Crippen MR) is 115 cm³/mol. The Morgan fingerprint density at radius 2 is 2.19 bits per heavy atom. The van der Waals surface area contributed by atoms with E-state index in [-0.39, 0.29) is 17.1 Å². The minimum atomic E-state index is -0.522. The number of aromatic nitrogens is 4. The Labute approximate surface area is 179 Å². The van der Waals surface area contributed by atoms with Crippen LogP contribution in [0.25, 0.3) is 5.65 Å². The summed E-state index contributed by atoms with van der Waals surface area (Å²) in [6, 6.07) is 1.61. The Kier molecular flexibility index (Phi) is 5.99. The standard InChI is InChI=1S/C21H26FN7O2/c1-4-14-11-28(7-6-23-14)21-24-9-16(20(27-21)31-5-2)19(30)26-15-8-17(22)18-25-13(3)10-29(18)12-15/h8-10,12,14,23H,4-7,11H2,1-3H3,(H,26,30). The van der Waals surface area contributed by atoms with E-state index >= 15 is 0 Å². The minimum Gasteiger partial charge on any atom is -0.477 e. The highest BCUT2D eigenvalue weighted by Crippen LogP contribution is 2.22. The monoisotopic (exact) mass is 427 g/mol. The maximum absolute atomic E-state index is 14.3. The SMILES string of the molecule is CCOc1nc(N2CCNC(CC)C2)ncc1C(=O)Nc1cc(F)c2nc(C)cn2c1. The number of amides is 1. The fourth-order valence-electron chi connectivity index (χ4n) is 3.64. The topological polar surface area (TPSA) is 96.7 Å². The van der Waals surface area contributed by atoms with Gasteiger partial charge in [0.15, 0.2) is 11.5 Å². The molecule has 4 heterocycles. The molecular weight excluding hydrogens is 401 g/mol. The van der Waals surface area contributed by atoms with Gasteiger partial charge in [-0.15, -0.1) is 0 Å². The molecule has 4 rings (SSSR count). The molecule has 1 amide bonds. The molecule has 2 N–H and O–H groups in total. The second kappa shape index (κ2) is 8.84. The molecule has 1 fully saturated rings. The van der Waals surface area contributed by atoms with Gasteiger partial charge in [0.1, 0.15) is 5.56 Å². The number of anilines is 2. The van der Waals surface area contributed by atoms with Crippen molar-refractivity contribution in [2.45, 2.75) is 33.2 Å². The third kappa shape index (κ3) is 4.43. The fourth-order valence-corrected chi connectivity index (χ4v) is 3.64. The number of nitrogens with zero attached hydrogens (tertiary/aromatic N) is 5. The lowest BCUT2D eigenvalue weighted by atomic mass is 10.1. The Morgan fingerprint density at radius 3 is 2.97 bits per heavy atom. The molecule has 31 heavy (non-hydrogen) atoms. The molecule has 0 aliphatic carbocycles. The fraction of sp³-hybridized carbons (Fsp3) is 0.429. The van der Waals surface area contributed by atoms with Gasteiger partial charge in [-0.1, -0.05) is 6.92 Å². The summed E-state index contributed by atoms with van der Waals surface area (Å²) >= 11 is 0. The van der Waals surface area contributed by atoms with Gasteiger partial charge in [0.05, 0.1) is 18.0 Å². The van der Waals surface area contributed by atoms with Crippen LogP contribution in [0.5, 0.6) is 5.88 Å². The van der Waals surface area contributed by atoms with Crippen molar-refractivity contribution in [2.24, 2.45) is 0 Å². The number of imidazole rings is 1. The normalized spacial score (nSPS) is 16.5. The van der Waals surface area contributed by atoms with Crippen molar-refractivity contribution in [1.82, 2.24) is 24.7 Å². The Bertz CT molecular complexity index is 1100. The van der Waals surface area contributed by atoms with Gasteiger partial charge in [-0.3, -0.25) is 4.79 Å². The van der Waals surface area contributed by atoms with Crippen LogP contribution in [0.1, 0.15) is 36.3 Å². The van der Waals surface area contributed by atoms with Gasteiger partial charge in [0.2, 0.25) is 11.8 Å². The lowest BCUT2D eigenvalue weighted by molar-refractivity contribution is 0.102. The maximum Gasteiger partial charge on any atom is 0.262 e. The average Bonchev–Trinajstić information content (AvgIpc) is 3.14. The molecule has 10 heteroatoms. The Hall–Kier alpha value is -3.27. The summed E-state index contributed by atoms with van der Waals surface area (Å²) in [5.41, 5.74) is 1.38. The summed E-state index contributed by atoms with van der Waals surface area (Å²) in [5, 5.41) is 6.16. The first-order valence-electron chi connectivity index (χ1n) is 10.4. The van der Waals surface area contributed by atoms with E-state index in [1.807, 2.05) is 6.92 Å². The average molecular weight is 427 g/mol. The van der Waals surface area contributed by atoms with Crippen LogP contribution in [0.4, 0.5) is 16.0 Å². The summed E-state index contributed by atoms with van der Waals surface area (Å²) in [6.07, 6.45) is 5.76. The van der Waals surface area contributed by atoms with Crippen molar-refractivity contribution in [2.75, 3.05) is 36.5 Å². The first kappa shape index (κ1) is 21.0. The number of nitrogens with one attached hydrogen (secondary N) is 2. The Morgan fingerprint density at radius 1 is 1.35 bits per heavy atom. The molecule has 1 aliphatic heterocycles. The van der Waals surface area contributed by atoms with Gasteiger partial charge in [0, 0.05) is 50.3 Å². The van der Waals surface area contributed by atoms with Crippen LogP contribution in [0.2, 0.25) is 0 Å². The van der Waals surface area contributed by atoms with Crippen molar-refractivity contribution in [1.29, 1.82) is 0 Å².